The van der Waals surface area contributed by atoms with E-state index in [0.717, 1.165) is 25.0 Å². The first-order valence-electron chi connectivity index (χ1n) is 3.53. The molecule has 0 unspecified atom stereocenters. The van der Waals surface area contributed by atoms with E-state index in [-0.39, 0.29) is 0 Å². The summed E-state index contributed by atoms with van der Waals surface area (Å²) in [5.41, 5.74) is 0.725. The Morgan fingerprint density at radius 2 is 2.23 bits per heavy atom. The molecule has 0 saturated heterocycles. The minimum atomic E-state index is 0.725. The normalized spacial score (nSPS) is 10.2. The van der Waals surface area contributed by atoms with Crippen molar-refractivity contribution >= 4 is 50.0 Å². The third-order valence-corrected chi connectivity index (χ3v) is 4.38. The van der Waals surface area contributed by atoms with E-state index in [1.807, 2.05) is 17.5 Å². The summed E-state index contributed by atoms with van der Waals surface area (Å²) in [6.45, 7) is 0. The van der Waals surface area contributed by atoms with Crippen molar-refractivity contribution < 1.29 is 0 Å². The third-order valence-electron chi connectivity index (χ3n) is 1.79. The fraction of sp³-hybridized carbons (Fsp3) is 0. The topological polar surface area (TPSA) is 23.8 Å². The summed E-state index contributed by atoms with van der Waals surface area (Å²) in [4.78, 5) is 0.906. The highest BCUT2D eigenvalue weighted by atomic mass is 79.9. The molecule has 0 aliphatic carbocycles. The summed E-state index contributed by atoms with van der Waals surface area (Å²) in [5, 5.41) is 11.6. The van der Waals surface area contributed by atoms with Gasteiger partial charge in [0.1, 0.15) is 6.07 Å². The summed E-state index contributed by atoms with van der Waals surface area (Å²) >= 11 is 9.32. The fourth-order valence-electron chi connectivity index (χ4n) is 1.15. The van der Waals surface area contributed by atoms with E-state index in [9.17, 15) is 0 Å². The molecule has 0 radical (unpaired) electrons. The van der Waals surface area contributed by atoms with Crippen LogP contribution in [0, 0.1) is 11.3 Å². The summed E-state index contributed by atoms with van der Waals surface area (Å²) < 4.78 is 2.03. The molecule has 0 bridgehead atoms. The van der Waals surface area contributed by atoms with Crippen molar-refractivity contribution in [3.63, 3.8) is 0 Å². The van der Waals surface area contributed by atoms with Crippen LogP contribution >= 0.6 is 39.9 Å². The van der Waals surface area contributed by atoms with E-state index in [0.29, 0.717) is 0 Å². The molecule has 64 valence electrons. The van der Waals surface area contributed by atoms with Gasteiger partial charge in [0, 0.05) is 20.1 Å². The van der Waals surface area contributed by atoms with Crippen LogP contribution in [0.15, 0.2) is 26.9 Å². The van der Waals surface area contributed by atoms with Crippen LogP contribution in [0.5, 0.6) is 0 Å². The van der Waals surface area contributed by atoms with Gasteiger partial charge in [-0.3, -0.25) is 0 Å². The number of hydrogen-bond acceptors (Lipinski definition) is 3. The number of nitrogens with zero attached hydrogens (tertiary/aromatic N) is 1. The predicted octanol–water partition coefficient (Wildman–Crippen LogP) is 3.82. The molecule has 13 heavy (non-hydrogen) atoms. The maximum Gasteiger partial charge on any atom is 0.101 e. The number of nitriles is 1. The van der Waals surface area contributed by atoms with Crippen LogP contribution in [0.1, 0.15) is 5.56 Å². The summed E-state index contributed by atoms with van der Waals surface area (Å²) in [6.07, 6.45) is 0. The molecule has 0 saturated carbocycles. The molecule has 1 nitrogen and oxygen atoms in total. The Hall–Kier alpha value is -0.500. The minimum absolute atomic E-state index is 0.725. The molecule has 2 aromatic rings. The Kier molecular flexibility index (Phi) is 2.33. The van der Waals surface area contributed by atoms with E-state index in [1.165, 1.54) is 0 Å². The van der Waals surface area contributed by atoms with Crippen molar-refractivity contribution in [2.75, 3.05) is 0 Å². The lowest BCUT2D eigenvalue weighted by Gasteiger charge is -1.97. The standard InChI is InChI=1S/C9H4BrNS2/c10-7-2-1-6-5(3-11)4-13-9(6)8(7)12/h1-2,4,12H. The lowest BCUT2D eigenvalue weighted by molar-refractivity contribution is 1.50. The maximum atomic E-state index is 8.80. The number of hydrogen-bond donors (Lipinski definition) is 1. The molecule has 1 aromatic carbocycles. The molecule has 0 atom stereocenters. The lowest BCUT2D eigenvalue weighted by atomic mass is 10.2. The van der Waals surface area contributed by atoms with Crippen LogP contribution in [0.2, 0.25) is 0 Å². The number of fused-ring (bicyclic) bond motifs is 1. The first-order chi connectivity index (χ1) is 6.24. The van der Waals surface area contributed by atoms with Gasteiger partial charge in [-0.05, 0) is 22.0 Å². The zero-order chi connectivity index (χ0) is 9.42. The number of benzene rings is 1. The first-order valence-corrected chi connectivity index (χ1v) is 5.65. The molecule has 0 aliphatic rings. The highest BCUT2D eigenvalue weighted by molar-refractivity contribution is 9.10. The molecule has 0 N–H and O–H groups in total. The van der Waals surface area contributed by atoms with Crippen molar-refractivity contribution in [2.24, 2.45) is 0 Å². The number of halogens is 1. The van der Waals surface area contributed by atoms with Gasteiger partial charge in [0.05, 0.1) is 10.3 Å². The lowest BCUT2D eigenvalue weighted by Crippen LogP contribution is -1.73. The highest BCUT2D eigenvalue weighted by Crippen LogP contribution is 2.35. The maximum absolute atomic E-state index is 8.80. The average molecular weight is 270 g/mol. The monoisotopic (exact) mass is 269 g/mol. The van der Waals surface area contributed by atoms with Crippen LogP contribution in [0.25, 0.3) is 10.1 Å². The Morgan fingerprint density at radius 1 is 1.46 bits per heavy atom. The van der Waals surface area contributed by atoms with Gasteiger partial charge >= 0.3 is 0 Å². The molecule has 0 amide bonds. The molecular formula is C9H4BrNS2. The van der Waals surface area contributed by atoms with Crippen molar-refractivity contribution in [1.29, 1.82) is 5.26 Å². The second kappa shape index (κ2) is 3.33. The molecular weight excluding hydrogens is 266 g/mol. The van der Waals surface area contributed by atoms with Crippen molar-refractivity contribution in [3.05, 3.63) is 27.5 Å². The predicted molar refractivity (Wildman–Crippen MR) is 61.5 cm³/mol. The van der Waals surface area contributed by atoms with E-state index in [2.05, 4.69) is 34.6 Å². The molecule has 2 rings (SSSR count). The van der Waals surface area contributed by atoms with Crippen LogP contribution < -0.4 is 0 Å². The Bertz CT molecular complexity index is 510. The van der Waals surface area contributed by atoms with Crippen LogP contribution in [-0.2, 0) is 0 Å². The zero-order valence-electron chi connectivity index (χ0n) is 6.41. The quantitative estimate of drug-likeness (QED) is 0.723. The van der Waals surface area contributed by atoms with E-state index in [4.69, 9.17) is 5.26 Å². The number of thiophene rings is 1. The van der Waals surface area contributed by atoms with Crippen LogP contribution in [0.4, 0.5) is 0 Å². The second-order valence-electron chi connectivity index (χ2n) is 2.53. The molecule has 0 spiro atoms. The van der Waals surface area contributed by atoms with Gasteiger partial charge < -0.3 is 0 Å². The SMILES string of the molecule is N#Cc1csc2c(S)c(Br)ccc12. The van der Waals surface area contributed by atoms with E-state index in [1.54, 1.807) is 11.3 Å². The van der Waals surface area contributed by atoms with Gasteiger partial charge in [-0.1, -0.05) is 6.07 Å². The van der Waals surface area contributed by atoms with Gasteiger partial charge in [-0.15, -0.1) is 24.0 Å². The van der Waals surface area contributed by atoms with Gasteiger partial charge in [0.15, 0.2) is 0 Å². The Balaban J connectivity index is 2.91. The second-order valence-corrected chi connectivity index (χ2v) is 4.72. The minimum Gasteiger partial charge on any atom is -0.192 e. The Morgan fingerprint density at radius 3 is 2.92 bits per heavy atom. The average Bonchev–Trinajstić information content (AvgIpc) is 2.55. The zero-order valence-corrected chi connectivity index (χ0v) is 9.71. The van der Waals surface area contributed by atoms with Crippen molar-refractivity contribution in [2.45, 2.75) is 4.90 Å². The fourth-order valence-corrected chi connectivity index (χ4v) is 2.90. The van der Waals surface area contributed by atoms with Crippen LogP contribution in [-0.4, -0.2) is 0 Å². The summed E-state index contributed by atoms with van der Waals surface area (Å²) in [7, 11) is 0. The largest absolute Gasteiger partial charge is 0.192 e. The van der Waals surface area contributed by atoms with Gasteiger partial charge in [0.2, 0.25) is 0 Å². The molecule has 1 aromatic heterocycles. The highest BCUT2D eigenvalue weighted by Gasteiger charge is 2.07. The molecule has 1 heterocycles. The van der Waals surface area contributed by atoms with Gasteiger partial charge in [0.25, 0.3) is 0 Å². The summed E-state index contributed by atoms with van der Waals surface area (Å²) in [5.74, 6) is 0. The summed E-state index contributed by atoms with van der Waals surface area (Å²) in [6, 6.07) is 6.01. The molecule has 0 fully saturated rings. The van der Waals surface area contributed by atoms with Crippen molar-refractivity contribution in [3.8, 4) is 6.07 Å². The van der Waals surface area contributed by atoms with Crippen LogP contribution in [0.3, 0.4) is 0 Å². The van der Waals surface area contributed by atoms with E-state index < -0.39 is 0 Å². The number of rotatable bonds is 0. The third kappa shape index (κ3) is 1.37. The van der Waals surface area contributed by atoms with Gasteiger partial charge in [-0.2, -0.15) is 5.26 Å². The van der Waals surface area contributed by atoms with E-state index >= 15 is 0 Å². The Labute approximate surface area is 93.5 Å². The smallest absolute Gasteiger partial charge is 0.101 e. The molecule has 0 aliphatic heterocycles. The van der Waals surface area contributed by atoms with Gasteiger partial charge in [-0.25, -0.2) is 0 Å². The first kappa shape index (κ1) is 9.07. The van der Waals surface area contributed by atoms with Crippen molar-refractivity contribution in [1.82, 2.24) is 0 Å². The number of thiol groups is 1. The molecule has 4 heteroatoms.